The number of aromatic amines is 3. The van der Waals surface area contributed by atoms with E-state index in [0.717, 1.165) is 98.4 Å². The Hall–Kier alpha value is -8.82. The van der Waals surface area contributed by atoms with E-state index in [0.29, 0.717) is 34.6 Å². The molecule has 0 bridgehead atoms. The molecule has 0 atom stereocenters. The number of benzene rings is 9. The van der Waals surface area contributed by atoms with Crippen molar-refractivity contribution in [2.45, 2.75) is 0 Å². The molecule has 0 radical (unpaired) electrons. The first kappa shape index (κ1) is 35.0. The van der Waals surface area contributed by atoms with Crippen molar-refractivity contribution in [2.75, 3.05) is 0 Å². The van der Waals surface area contributed by atoms with Crippen LogP contribution in [0.25, 0.3) is 133 Å². The molecule has 294 valence electrons. The predicted octanol–water partition coefficient (Wildman–Crippen LogP) is 11.2. The lowest BCUT2D eigenvalue weighted by Crippen LogP contribution is -2.09. The number of nitrogens with zero attached hydrogens (tertiary/aromatic N) is 3. The lowest BCUT2D eigenvalue weighted by molar-refractivity contribution is 1.08. The van der Waals surface area contributed by atoms with E-state index < -0.39 is 0 Å². The number of H-pyrrole nitrogens is 3. The molecule has 9 nitrogen and oxygen atoms in total. The van der Waals surface area contributed by atoms with Crippen LogP contribution >= 0.6 is 0 Å². The van der Waals surface area contributed by atoms with Crippen molar-refractivity contribution in [3.05, 3.63) is 194 Å². The first-order valence-electron chi connectivity index (χ1n) is 20.6. The van der Waals surface area contributed by atoms with Gasteiger partial charge in [-0.2, -0.15) is 0 Å². The second-order valence-corrected chi connectivity index (χ2v) is 16.1. The van der Waals surface area contributed by atoms with E-state index in [4.69, 9.17) is 15.0 Å². The van der Waals surface area contributed by atoms with E-state index in [9.17, 15) is 14.4 Å². The molecule has 4 heterocycles. The number of hydrogen-bond donors (Lipinski definition) is 3. The molecule has 6 aliphatic rings. The molecule has 3 aliphatic heterocycles. The van der Waals surface area contributed by atoms with Crippen molar-refractivity contribution < 1.29 is 0 Å². The predicted molar refractivity (Wildman–Crippen MR) is 253 cm³/mol. The van der Waals surface area contributed by atoms with Crippen LogP contribution in [-0.2, 0) is 0 Å². The molecular weight excluding hydrogens is 781 g/mol. The van der Waals surface area contributed by atoms with Crippen molar-refractivity contribution in [1.29, 1.82) is 0 Å². The summed E-state index contributed by atoms with van der Waals surface area (Å²) in [5, 5.41) is 8.69. The second kappa shape index (κ2) is 13.1. The van der Waals surface area contributed by atoms with E-state index >= 15 is 0 Å². The van der Waals surface area contributed by atoms with Crippen LogP contribution in [0.5, 0.6) is 0 Å². The Labute approximate surface area is 356 Å². The van der Waals surface area contributed by atoms with Crippen LogP contribution in [0.15, 0.2) is 178 Å². The van der Waals surface area contributed by atoms with Crippen LogP contribution in [0.1, 0.15) is 0 Å². The fourth-order valence-electron chi connectivity index (χ4n) is 9.72. The van der Waals surface area contributed by atoms with Gasteiger partial charge >= 0.3 is 0 Å². The molecule has 0 saturated carbocycles. The highest BCUT2D eigenvalue weighted by Gasteiger charge is 2.27. The van der Waals surface area contributed by atoms with E-state index in [1.807, 2.05) is 72.8 Å². The van der Waals surface area contributed by atoms with Crippen LogP contribution in [0.4, 0.5) is 0 Å². The second-order valence-electron chi connectivity index (χ2n) is 16.1. The number of aromatic nitrogens is 6. The van der Waals surface area contributed by atoms with E-state index in [-0.39, 0.29) is 16.3 Å². The molecule has 3 aliphatic carbocycles. The third kappa shape index (κ3) is 5.30. The molecule has 0 fully saturated rings. The Morgan fingerprint density at radius 2 is 0.619 bits per heavy atom. The zero-order valence-electron chi connectivity index (χ0n) is 33.2. The van der Waals surface area contributed by atoms with Gasteiger partial charge in [-0.15, -0.1) is 0 Å². The minimum absolute atomic E-state index is 0.131. The first-order chi connectivity index (χ1) is 30.9. The van der Waals surface area contributed by atoms with Crippen LogP contribution in [0.2, 0.25) is 0 Å². The first-order valence-corrected chi connectivity index (χ1v) is 20.6. The zero-order chi connectivity index (χ0) is 41.9. The van der Waals surface area contributed by atoms with Crippen molar-refractivity contribution in [3.8, 4) is 67.9 Å². The zero-order valence-corrected chi connectivity index (χ0v) is 33.2. The smallest absolute Gasteiger partial charge is 0.180 e. The molecular formula is C54H30N6O3. The van der Waals surface area contributed by atoms with Gasteiger partial charge in [-0.1, -0.05) is 91.0 Å². The summed E-state index contributed by atoms with van der Waals surface area (Å²) in [5.74, 6) is 1.16. The van der Waals surface area contributed by atoms with E-state index in [2.05, 4.69) is 69.5 Å². The molecule has 63 heavy (non-hydrogen) atoms. The van der Waals surface area contributed by atoms with Crippen LogP contribution in [0, 0.1) is 0 Å². The quantitative estimate of drug-likeness (QED) is 0.120. The lowest BCUT2D eigenvalue weighted by atomic mass is 9.91. The average molecular weight is 811 g/mol. The Bertz CT molecular complexity index is 3750. The molecule has 9 heteroatoms. The minimum atomic E-state index is -0.131. The molecule has 0 unspecified atom stereocenters. The third-order valence-electron chi connectivity index (χ3n) is 12.4. The highest BCUT2D eigenvalue weighted by Crippen LogP contribution is 2.46. The normalized spacial score (nSPS) is 12.0. The maximum Gasteiger partial charge on any atom is 0.180 e. The topological polar surface area (TPSA) is 137 Å². The Morgan fingerprint density at radius 1 is 0.317 bits per heavy atom. The number of nitrogens with one attached hydrogen (secondary N) is 3. The lowest BCUT2D eigenvalue weighted by Gasteiger charge is -2.21. The van der Waals surface area contributed by atoms with Gasteiger partial charge in [-0.3, -0.25) is 14.4 Å². The SMILES string of the molecule is O=c1ccc2c(-c3nc(-c4c5ccc(=O)cc-5[nH]c5ccc6ccccc6c45)nc(-c4c5ccc(=O)cc-5[nH]c5ccc6ccccc6c45)n3)c3c(ccc4ccccc43)[nH]c-2c1. The summed E-state index contributed by atoms with van der Waals surface area (Å²) in [6.07, 6.45) is 0. The Balaban J connectivity index is 1.28. The summed E-state index contributed by atoms with van der Waals surface area (Å²) in [6, 6.07) is 52.0. The number of pyridine rings is 3. The highest BCUT2D eigenvalue weighted by molar-refractivity contribution is 6.19. The van der Waals surface area contributed by atoms with E-state index in [1.165, 1.54) is 0 Å². The molecule has 1 aromatic heterocycles. The van der Waals surface area contributed by atoms with Gasteiger partial charge < -0.3 is 15.0 Å². The van der Waals surface area contributed by atoms with E-state index in [1.54, 1.807) is 36.4 Å². The molecule has 13 rings (SSSR count). The van der Waals surface area contributed by atoms with Gasteiger partial charge in [-0.25, -0.2) is 15.0 Å². The fourth-order valence-corrected chi connectivity index (χ4v) is 9.72. The van der Waals surface area contributed by atoms with Crippen LogP contribution in [0.3, 0.4) is 0 Å². The van der Waals surface area contributed by atoms with Crippen LogP contribution in [-0.4, -0.2) is 29.9 Å². The third-order valence-corrected chi connectivity index (χ3v) is 12.4. The number of fused-ring (bicyclic) bond motifs is 12. The molecule has 0 spiro atoms. The van der Waals surface area contributed by atoms with Gasteiger partial charge in [0.15, 0.2) is 33.8 Å². The molecule has 7 aromatic rings. The summed E-state index contributed by atoms with van der Waals surface area (Å²) in [6.45, 7) is 0. The van der Waals surface area contributed by atoms with Gasteiger partial charge in [0.1, 0.15) is 0 Å². The molecule has 0 saturated heterocycles. The number of rotatable bonds is 3. The standard InChI is InChI=1S/C54H30N6O3/c61-31-16-19-37-43(25-31)55-40-22-13-28-7-1-4-10-34(28)46(40)49(37)52-58-53(50-38-20-17-32(62)26-44(38)56-41-23-14-29-8-2-5-11-35(29)47(41)50)60-54(59-52)51-39-21-18-33(63)27-45(39)57-42-24-15-30-9-3-6-12-36(30)48(42)51/h1-27,55-57H. The van der Waals surface area contributed by atoms with Gasteiger partial charge in [0, 0.05) is 84.3 Å². The van der Waals surface area contributed by atoms with Crippen LogP contribution < -0.4 is 16.3 Å². The van der Waals surface area contributed by atoms with Gasteiger partial charge in [0.25, 0.3) is 0 Å². The maximum absolute atomic E-state index is 13.0. The number of hydrogen-bond acceptors (Lipinski definition) is 6. The summed E-state index contributed by atoms with van der Waals surface area (Å²) < 4.78 is 0. The maximum atomic E-state index is 13.0. The largest absolute Gasteiger partial charge is 0.354 e. The van der Waals surface area contributed by atoms with Crippen molar-refractivity contribution in [1.82, 2.24) is 29.9 Å². The molecule has 3 N–H and O–H groups in total. The average Bonchev–Trinajstić information content (AvgIpc) is 3.31. The molecule has 6 aromatic carbocycles. The minimum Gasteiger partial charge on any atom is -0.354 e. The molecule has 0 amide bonds. The monoisotopic (exact) mass is 810 g/mol. The fraction of sp³-hybridized carbons (Fsp3) is 0. The van der Waals surface area contributed by atoms with Crippen molar-refractivity contribution >= 4 is 65.0 Å². The van der Waals surface area contributed by atoms with Gasteiger partial charge in [-0.05, 0) is 86.9 Å². The summed E-state index contributed by atoms with van der Waals surface area (Å²) in [4.78, 5) is 66.3. The van der Waals surface area contributed by atoms with Crippen molar-refractivity contribution in [3.63, 3.8) is 0 Å². The Kier molecular flexibility index (Phi) is 7.27. The van der Waals surface area contributed by atoms with Gasteiger partial charge in [0.05, 0.1) is 17.1 Å². The van der Waals surface area contributed by atoms with Gasteiger partial charge in [0.2, 0.25) is 0 Å². The summed E-state index contributed by atoms with van der Waals surface area (Å²) in [7, 11) is 0. The highest BCUT2D eigenvalue weighted by atomic mass is 16.1. The van der Waals surface area contributed by atoms with Crippen molar-refractivity contribution in [2.24, 2.45) is 0 Å². The summed E-state index contributed by atoms with van der Waals surface area (Å²) >= 11 is 0. The summed E-state index contributed by atoms with van der Waals surface area (Å²) in [5.41, 5.74) is 8.42. The Morgan fingerprint density at radius 3 is 0.937 bits per heavy atom.